The Kier molecular flexibility index (Phi) is 3.89. The SMILES string of the molecule is Cn1cnnc1CC(NC(=O)C(F)(F)F)C(=O)O. The van der Waals surface area contributed by atoms with Gasteiger partial charge in [-0.2, -0.15) is 13.2 Å². The predicted molar refractivity (Wildman–Crippen MR) is 50.3 cm³/mol. The van der Waals surface area contributed by atoms with Crippen LogP contribution < -0.4 is 5.32 Å². The van der Waals surface area contributed by atoms with Crippen molar-refractivity contribution < 1.29 is 27.9 Å². The third-order valence-corrected chi connectivity index (χ3v) is 2.05. The number of hydrogen-bond acceptors (Lipinski definition) is 4. The van der Waals surface area contributed by atoms with E-state index in [-0.39, 0.29) is 5.82 Å². The highest BCUT2D eigenvalue weighted by Gasteiger charge is 2.41. The fourth-order valence-electron chi connectivity index (χ4n) is 1.11. The number of hydrogen-bond donors (Lipinski definition) is 2. The highest BCUT2D eigenvalue weighted by Crippen LogP contribution is 2.15. The first kappa shape index (κ1) is 13.9. The van der Waals surface area contributed by atoms with Crippen LogP contribution in [0.15, 0.2) is 6.33 Å². The fourth-order valence-corrected chi connectivity index (χ4v) is 1.11. The summed E-state index contributed by atoms with van der Waals surface area (Å²) >= 11 is 0. The number of aliphatic carboxylic acids is 1. The molecule has 0 aliphatic carbocycles. The Morgan fingerprint density at radius 1 is 1.56 bits per heavy atom. The standard InChI is InChI=1S/C8H9F3N4O3/c1-15-3-12-14-5(15)2-4(6(16)17)13-7(18)8(9,10)11/h3-4H,2H2,1H3,(H,13,18)(H,16,17). The van der Waals surface area contributed by atoms with Crippen molar-refractivity contribution in [2.24, 2.45) is 7.05 Å². The molecule has 100 valence electrons. The second-order valence-corrected chi connectivity index (χ2v) is 3.42. The van der Waals surface area contributed by atoms with Crippen LogP contribution in [-0.2, 0) is 23.1 Å². The molecule has 18 heavy (non-hydrogen) atoms. The fraction of sp³-hybridized carbons (Fsp3) is 0.500. The maximum Gasteiger partial charge on any atom is 0.471 e. The van der Waals surface area contributed by atoms with Crippen molar-refractivity contribution in [3.63, 3.8) is 0 Å². The van der Waals surface area contributed by atoms with E-state index in [0.29, 0.717) is 0 Å². The van der Waals surface area contributed by atoms with E-state index in [1.807, 2.05) is 0 Å². The van der Waals surface area contributed by atoms with Crippen LogP contribution in [0.1, 0.15) is 5.82 Å². The van der Waals surface area contributed by atoms with Crippen LogP contribution in [0.4, 0.5) is 13.2 Å². The van der Waals surface area contributed by atoms with E-state index in [1.54, 1.807) is 0 Å². The van der Waals surface area contributed by atoms with Crippen molar-refractivity contribution in [2.75, 3.05) is 0 Å². The smallest absolute Gasteiger partial charge is 0.471 e. The number of carbonyl (C=O) groups is 2. The molecule has 1 aromatic heterocycles. The molecule has 0 spiro atoms. The van der Waals surface area contributed by atoms with Crippen molar-refractivity contribution in [2.45, 2.75) is 18.6 Å². The minimum atomic E-state index is -5.13. The van der Waals surface area contributed by atoms with Gasteiger partial charge in [0.2, 0.25) is 0 Å². The Bertz CT molecular complexity index is 457. The summed E-state index contributed by atoms with van der Waals surface area (Å²) < 4.78 is 37.3. The molecule has 10 heteroatoms. The molecule has 0 bridgehead atoms. The molecular weight excluding hydrogens is 257 g/mol. The van der Waals surface area contributed by atoms with E-state index >= 15 is 0 Å². The van der Waals surface area contributed by atoms with Gasteiger partial charge in [0, 0.05) is 13.5 Å². The molecule has 0 aromatic carbocycles. The number of carbonyl (C=O) groups excluding carboxylic acids is 1. The summed E-state index contributed by atoms with van der Waals surface area (Å²) in [5, 5.41) is 17.1. The molecule has 1 heterocycles. The van der Waals surface area contributed by atoms with E-state index in [2.05, 4.69) is 10.2 Å². The van der Waals surface area contributed by atoms with Crippen molar-refractivity contribution in [3.05, 3.63) is 12.2 Å². The molecule has 0 aliphatic heterocycles. The predicted octanol–water partition coefficient (Wildman–Crippen LogP) is -0.511. The molecule has 0 aliphatic rings. The van der Waals surface area contributed by atoms with E-state index in [9.17, 15) is 22.8 Å². The molecule has 1 aromatic rings. The second-order valence-electron chi connectivity index (χ2n) is 3.42. The van der Waals surface area contributed by atoms with Crippen LogP contribution in [0.2, 0.25) is 0 Å². The van der Waals surface area contributed by atoms with E-state index in [4.69, 9.17) is 5.11 Å². The van der Waals surface area contributed by atoms with Gasteiger partial charge in [-0.1, -0.05) is 0 Å². The average Bonchev–Trinajstić information content (AvgIpc) is 2.61. The largest absolute Gasteiger partial charge is 0.480 e. The van der Waals surface area contributed by atoms with Crippen LogP contribution >= 0.6 is 0 Å². The number of carboxylic acids is 1. The zero-order valence-corrected chi connectivity index (χ0v) is 9.10. The van der Waals surface area contributed by atoms with Gasteiger partial charge < -0.3 is 15.0 Å². The van der Waals surface area contributed by atoms with E-state index in [1.165, 1.54) is 23.3 Å². The Hall–Kier alpha value is -2.13. The van der Waals surface area contributed by atoms with Gasteiger partial charge in [-0.3, -0.25) is 4.79 Å². The molecule has 0 saturated heterocycles. The molecule has 1 atom stereocenters. The number of aryl methyl sites for hydroxylation is 1. The number of nitrogens with zero attached hydrogens (tertiary/aromatic N) is 3. The third-order valence-electron chi connectivity index (χ3n) is 2.05. The highest BCUT2D eigenvalue weighted by atomic mass is 19.4. The second kappa shape index (κ2) is 5.02. The zero-order chi connectivity index (χ0) is 13.9. The van der Waals surface area contributed by atoms with Crippen LogP contribution in [0.5, 0.6) is 0 Å². The van der Waals surface area contributed by atoms with Gasteiger partial charge in [-0.15, -0.1) is 10.2 Å². The summed E-state index contributed by atoms with van der Waals surface area (Å²) in [6.07, 6.45) is -4.26. The lowest BCUT2D eigenvalue weighted by Crippen LogP contribution is -2.48. The van der Waals surface area contributed by atoms with Crippen LogP contribution in [0.3, 0.4) is 0 Å². The highest BCUT2D eigenvalue weighted by molar-refractivity contribution is 5.87. The first-order chi connectivity index (χ1) is 8.21. The quantitative estimate of drug-likeness (QED) is 0.765. The zero-order valence-electron chi connectivity index (χ0n) is 9.10. The molecule has 0 fully saturated rings. The number of rotatable bonds is 4. The first-order valence-corrected chi connectivity index (χ1v) is 4.65. The van der Waals surface area contributed by atoms with Gasteiger partial charge >= 0.3 is 18.1 Å². The van der Waals surface area contributed by atoms with Gasteiger partial charge in [-0.25, -0.2) is 4.79 Å². The normalized spacial score (nSPS) is 13.1. The van der Waals surface area contributed by atoms with Crippen molar-refractivity contribution in [3.8, 4) is 0 Å². The van der Waals surface area contributed by atoms with Crippen LogP contribution in [-0.4, -0.2) is 44.0 Å². The van der Waals surface area contributed by atoms with Crippen LogP contribution in [0.25, 0.3) is 0 Å². The number of amides is 1. The monoisotopic (exact) mass is 266 g/mol. The van der Waals surface area contributed by atoms with Gasteiger partial charge in [0.05, 0.1) is 0 Å². The minimum Gasteiger partial charge on any atom is -0.480 e. The van der Waals surface area contributed by atoms with E-state index < -0.39 is 30.5 Å². The molecule has 1 amide bonds. The lowest BCUT2D eigenvalue weighted by atomic mass is 10.2. The lowest BCUT2D eigenvalue weighted by molar-refractivity contribution is -0.175. The van der Waals surface area contributed by atoms with Gasteiger partial charge in [0.25, 0.3) is 0 Å². The lowest BCUT2D eigenvalue weighted by Gasteiger charge is -2.15. The van der Waals surface area contributed by atoms with Gasteiger partial charge in [0.1, 0.15) is 18.2 Å². The Labute approximate surface area is 98.6 Å². The third kappa shape index (κ3) is 3.43. The molecule has 2 N–H and O–H groups in total. The first-order valence-electron chi connectivity index (χ1n) is 4.65. The Balaban J connectivity index is 2.76. The molecule has 1 unspecified atom stereocenters. The topological polar surface area (TPSA) is 97.1 Å². The average molecular weight is 266 g/mol. The summed E-state index contributed by atoms with van der Waals surface area (Å²) in [7, 11) is 1.50. The summed E-state index contributed by atoms with van der Waals surface area (Å²) in [5.41, 5.74) is 0. The molecule has 0 radical (unpaired) electrons. The van der Waals surface area contributed by atoms with Crippen molar-refractivity contribution in [1.29, 1.82) is 0 Å². The van der Waals surface area contributed by atoms with Crippen molar-refractivity contribution in [1.82, 2.24) is 20.1 Å². The van der Waals surface area contributed by atoms with Crippen molar-refractivity contribution >= 4 is 11.9 Å². The minimum absolute atomic E-state index is 0.143. The van der Waals surface area contributed by atoms with Gasteiger partial charge in [0.15, 0.2) is 0 Å². The summed E-state index contributed by atoms with van der Waals surface area (Å²) in [4.78, 5) is 21.4. The van der Waals surface area contributed by atoms with Gasteiger partial charge in [-0.05, 0) is 0 Å². The Morgan fingerprint density at radius 3 is 2.56 bits per heavy atom. The van der Waals surface area contributed by atoms with E-state index in [0.717, 1.165) is 0 Å². The Morgan fingerprint density at radius 2 is 2.17 bits per heavy atom. The summed E-state index contributed by atoms with van der Waals surface area (Å²) in [5.74, 6) is -3.75. The molecule has 1 rings (SSSR count). The maximum absolute atomic E-state index is 12.0. The molecule has 0 saturated carbocycles. The number of halogens is 3. The molecule has 7 nitrogen and oxygen atoms in total. The van der Waals surface area contributed by atoms with Crippen LogP contribution in [0, 0.1) is 0 Å². The molecular formula is C8H9F3N4O3. The number of carboxylic acid groups (broad SMARTS) is 1. The summed E-state index contributed by atoms with van der Waals surface area (Å²) in [6, 6.07) is -1.72. The summed E-state index contributed by atoms with van der Waals surface area (Å²) in [6.45, 7) is 0. The number of alkyl halides is 3. The number of nitrogens with one attached hydrogen (secondary N) is 1. The number of aromatic nitrogens is 3. The maximum atomic E-state index is 12.0.